The van der Waals surface area contributed by atoms with Gasteiger partial charge in [-0.15, -0.1) is 0 Å². The molecule has 21 heavy (non-hydrogen) atoms. The van der Waals surface area contributed by atoms with Gasteiger partial charge in [-0.1, -0.05) is 43.3 Å². The maximum absolute atomic E-state index is 12.4. The number of benzene rings is 1. The van der Waals surface area contributed by atoms with E-state index in [4.69, 9.17) is 0 Å². The molecule has 1 aromatic rings. The standard InChI is InChI=1S/C16H24N2O2S/c1-2-9-17-13-15-7-6-8-16(12-15)14-21(19,20)18-10-4-3-5-11-18/h3-4,6-8,12,17H,2,5,9-11,13-14H2,1H3. The van der Waals surface area contributed by atoms with E-state index in [-0.39, 0.29) is 5.75 Å². The molecule has 0 amide bonds. The Labute approximate surface area is 127 Å². The molecule has 2 rings (SSSR count). The Morgan fingerprint density at radius 3 is 2.76 bits per heavy atom. The summed E-state index contributed by atoms with van der Waals surface area (Å²) in [5, 5.41) is 3.34. The summed E-state index contributed by atoms with van der Waals surface area (Å²) in [6.07, 6.45) is 5.86. The van der Waals surface area contributed by atoms with Crippen LogP contribution in [0.3, 0.4) is 0 Å². The third kappa shape index (κ3) is 4.95. The molecule has 1 heterocycles. The average Bonchev–Trinajstić information content (AvgIpc) is 2.48. The lowest BCUT2D eigenvalue weighted by Crippen LogP contribution is -2.34. The summed E-state index contributed by atoms with van der Waals surface area (Å²) in [4.78, 5) is 0. The van der Waals surface area contributed by atoms with Gasteiger partial charge in [0.25, 0.3) is 0 Å². The van der Waals surface area contributed by atoms with Crippen LogP contribution in [0, 0.1) is 0 Å². The fourth-order valence-electron chi connectivity index (χ4n) is 2.41. The van der Waals surface area contributed by atoms with E-state index in [1.807, 2.05) is 36.4 Å². The molecule has 1 aliphatic rings. The van der Waals surface area contributed by atoms with E-state index >= 15 is 0 Å². The van der Waals surface area contributed by atoms with Crippen molar-refractivity contribution in [2.45, 2.75) is 32.1 Å². The molecular weight excluding hydrogens is 284 g/mol. The van der Waals surface area contributed by atoms with Crippen molar-refractivity contribution in [3.05, 3.63) is 47.5 Å². The molecule has 1 N–H and O–H groups in total. The first kappa shape index (κ1) is 16.2. The zero-order valence-corrected chi connectivity index (χ0v) is 13.4. The Balaban J connectivity index is 2.01. The summed E-state index contributed by atoms with van der Waals surface area (Å²) in [7, 11) is -3.22. The summed E-state index contributed by atoms with van der Waals surface area (Å²) >= 11 is 0. The third-order valence-electron chi connectivity index (χ3n) is 3.51. The maximum Gasteiger partial charge on any atom is 0.218 e. The molecule has 0 radical (unpaired) electrons. The lowest BCUT2D eigenvalue weighted by Gasteiger charge is -2.22. The van der Waals surface area contributed by atoms with E-state index in [1.54, 1.807) is 4.31 Å². The van der Waals surface area contributed by atoms with Crippen molar-refractivity contribution < 1.29 is 8.42 Å². The molecule has 0 aliphatic carbocycles. The van der Waals surface area contributed by atoms with Gasteiger partial charge in [-0.25, -0.2) is 8.42 Å². The van der Waals surface area contributed by atoms with Crippen molar-refractivity contribution in [3.63, 3.8) is 0 Å². The number of rotatable bonds is 7. The highest BCUT2D eigenvalue weighted by atomic mass is 32.2. The first-order valence-corrected chi connectivity index (χ1v) is 9.14. The topological polar surface area (TPSA) is 49.4 Å². The average molecular weight is 308 g/mol. The first-order chi connectivity index (χ1) is 10.1. The van der Waals surface area contributed by atoms with Gasteiger partial charge in [-0.2, -0.15) is 4.31 Å². The summed E-state index contributed by atoms with van der Waals surface area (Å²) in [5.41, 5.74) is 2.00. The predicted octanol–water partition coefficient (Wildman–Crippen LogP) is 2.28. The number of hydrogen-bond donors (Lipinski definition) is 1. The van der Waals surface area contributed by atoms with Gasteiger partial charge in [0.15, 0.2) is 0 Å². The van der Waals surface area contributed by atoms with E-state index in [1.165, 1.54) is 0 Å². The van der Waals surface area contributed by atoms with Crippen molar-refractivity contribution in [2.75, 3.05) is 19.6 Å². The molecule has 1 aromatic carbocycles. The molecule has 0 saturated heterocycles. The maximum atomic E-state index is 12.4. The molecule has 0 aromatic heterocycles. The fourth-order valence-corrected chi connectivity index (χ4v) is 3.89. The second-order valence-corrected chi connectivity index (χ2v) is 7.34. The van der Waals surface area contributed by atoms with Crippen molar-refractivity contribution in [1.29, 1.82) is 0 Å². The minimum Gasteiger partial charge on any atom is -0.313 e. The smallest absolute Gasteiger partial charge is 0.218 e. The molecule has 0 atom stereocenters. The van der Waals surface area contributed by atoms with E-state index in [9.17, 15) is 8.42 Å². The zero-order valence-electron chi connectivity index (χ0n) is 12.6. The molecule has 4 nitrogen and oxygen atoms in total. The van der Waals surface area contributed by atoms with Crippen molar-refractivity contribution in [3.8, 4) is 0 Å². The van der Waals surface area contributed by atoms with Gasteiger partial charge < -0.3 is 5.32 Å². The van der Waals surface area contributed by atoms with Crippen molar-refractivity contribution in [2.24, 2.45) is 0 Å². The monoisotopic (exact) mass is 308 g/mol. The highest BCUT2D eigenvalue weighted by Crippen LogP contribution is 2.15. The molecule has 1 aliphatic heterocycles. The summed E-state index contributed by atoms with van der Waals surface area (Å²) in [6, 6.07) is 7.84. The summed E-state index contributed by atoms with van der Waals surface area (Å²) < 4.78 is 26.4. The first-order valence-electron chi connectivity index (χ1n) is 7.53. The van der Waals surface area contributed by atoms with Crippen molar-refractivity contribution >= 4 is 10.0 Å². The van der Waals surface area contributed by atoms with Crippen LogP contribution in [0.15, 0.2) is 36.4 Å². The SMILES string of the molecule is CCCNCc1cccc(CS(=O)(=O)N2CC=CCC2)c1. The van der Waals surface area contributed by atoms with E-state index in [0.717, 1.165) is 37.1 Å². The van der Waals surface area contributed by atoms with Crippen LogP contribution in [0.4, 0.5) is 0 Å². The normalized spacial score (nSPS) is 16.2. The molecule has 116 valence electrons. The highest BCUT2D eigenvalue weighted by Gasteiger charge is 2.22. The van der Waals surface area contributed by atoms with Crippen LogP contribution in [0.5, 0.6) is 0 Å². The second-order valence-electron chi connectivity index (χ2n) is 5.37. The molecule has 0 bridgehead atoms. The summed E-state index contributed by atoms with van der Waals surface area (Å²) in [5.74, 6) is 0.0858. The molecule has 0 spiro atoms. The number of hydrogen-bond acceptors (Lipinski definition) is 3. The Kier molecular flexibility index (Phi) is 5.96. The Morgan fingerprint density at radius 1 is 1.24 bits per heavy atom. The van der Waals surface area contributed by atoms with Crippen LogP contribution in [-0.2, 0) is 22.3 Å². The zero-order chi connectivity index (χ0) is 15.1. The van der Waals surface area contributed by atoms with Crippen LogP contribution in [0.1, 0.15) is 30.9 Å². The van der Waals surface area contributed by atoms with Crippen LogP contribution < -0.4 is 5.32 Å². The van der Waals surface area contributed by atoms with Gasteiger partial charge >= 0.3 is 0 Å². The lowest BCUT2D eigenvalue weighted by molar-refractivity contribution is 0.437. The highest BCUT2D eigenvalue weighted by molar-refractivity contribution is 7.88. The molecule has 0 fully saturated rings. The van der Waals surface area contributed by atoms with Gasteiger partial charge in [0, 0.05) is 19.6 Å². The van der Waals surface area contributed by atoms with Crippen LogP contribution in [0.2, 0.25) is 0 Å². The van der Waals surface area contributed by atoms with Gasteiger partial charge in [0.05, 0.1) is 5.75 Å². The van der Waals surface area contributed by atoms with E-state index < -0.39 is 10.0 Å². The fraction of sp³-hybridized carbons (Fsp3) is 0.500. The Hall–Kier alpha value is -1.17. The predicted molar refractivity (Wildman–Crippen MR) is 86.4 cm³/mol. The van der Waals surface area contributed by atoms with Gasteiger partial charge in [0.1, 0.15) is 0 Å². The van der Waals surface area contributed by atoms with E-state index in [2.05, 4.69) is 12.2 Å². The van der Waals surface area contributed by atoms with Crippen LogP contribution in [0.25, 0.3) is 0 Å². The minimum absolute atomic E-state index is 0.0858. The quantitative estimate of drug-likeness (QED) is 0.621. The molecule has 0 saturated carbocycles. The largest absolute Gasteiger partial charge is 0.313 e. The number of sulfonamides is 1. The lowest BCUT2D eigenvalue weighted by atomic mass is 10.1. The Morgan fingerprint density at radius 2 is 2.05 bits per heavy atom. The second kappa shape index (κ2) is 7.73. The Bertz CT molecular complexity index is 582. The van der Waals surface area contributed by atoms with Gasteiger partial charge in [-0.05, 0) is 30.5 Å². The van der Waals surface area contributed by atoms with Crippen molar-refractivity contribution in [1.82, 2.24) is 9.62 Å². The molecule has 5 heteroatoms. The number of nitrogens with one attached hydrogen (secondary N) is 1. The van der Waals surface area contributed by atoms with Gasteiger partial charge in [0.2, 0.25) is 10.0 Å². The van der Waals surface area contributed by atoms with Gasteiger partial charge in [-0.3, -0.25) is 0 Å². The molecule has 0 unspecified atom stereocenters. The third-order valence-corrected chi connectivity index (χ3v) is 5.33. The van der Waals surface area contributed by atoms with E-state index in [0.29, 0.717) is 13.1 Å². The van der Waals surface area contributed by atoms with Crippen LogP contribution in [-0.4, -0.2) is 32.4 Å². The summed E-state index contributed by atoms with van der Waals surface area (Å²) in [6.45, 7) is 4.98. The molecular formula is C16H24N2O2S. The van der Waals surface area contributed by atoms with Crippen LogP contribution >= 0.6 is 0 Å². The minimum atomic E-state index is -3.22. The number of nitrogens with zero attached hydrogens (tertiary/aromatic N) is 1.